The molecule has 0 bridgehead atoms. The van der Waals surface area contributed by atoms with Gasteiger partial charge in [0.1, 0.15) is 0 Å². The molecule has 6 heteroatoms. The van der Waals surface area contributed by atoms with E-state index in [2.05, 4.69) is 34.3 Å². The first kappa shape index (κ1) is 21.5. The predicted octanol–water partition coefficient (Wildman–Crippen LogP) is 1.78. The molecule has 26 heavy (non-hydrogen) atoms. The Kier molecular flexibility index (Phi) is 11.0. The molecule has 0 radical (unpaired) electrons. The van der Waals surface area contributed by atoms with Crippen molar-refractivity contribution in [1.82, 2.24) is 20.4 Å². The minimum Gasteiger partial charge on any atom is -0.379 e. The summed E-state index contributed by atoms with van der Waals surface area (Å²) in [4.78, 5) is 9.84. The van der Waals surface area contributed by atoms with Gasteiger partial charge in [-0.3, -0.25) is 9.89 Å². The van der Waals surface area contributed by atoms with Crippen molar-refractivity contribution in [2.45, 2.75) is 46.0 Å². The van der Waals surface area contributed by atoms with Gasteiger partial charge in [0.15, 0.2) is 5.96 Å². The van der Waals surface area contributed by atoms with Crippen LogP contribution in [0, 0.1) is 5.92 Å². The van der Waals surface area contributed by atoms with Gasteiger partial charge in [0.25, 0.3) is 0 Å². The average molecular weight is 368 g/mol. The minimum atomic E-state index is 0.895. The van der Waals surface area contributed by atoms with Crippen molar-refractivity contribution in [3.63, 3.8) is 0 Å². The van der Waals surface area contributed by atoms with Gasteiger partial charge in [-0.1, -0.05) is 6.92 Å². The van der Waals surface area contributed by atoms with Gasteiger partial charge in [0, 0.05) is 32.7 Å². The fourth-order valence-corrected chi connectivity index (χ4v) is 3.60. The number of piperidine rings is 1. The molecule has 0 amide bonds. The highest BCUT2D eigenvalue weighted by Crippen LogP contribution is 2.15. The Bertz CT molecular complexity index is 376. The van der Waals surface area contributed by atoms with Crippen LogP contribution in [0.1, 0.15) is 46.0 Å². The molecule has 0 aromatic carbocycles. The molecule has 0 spiro atoms. The molecule has 152 valence electrons. The summed E-state index contributed by atoms with van der Waals surface area (Å²) in [7, 11) is 0. The number of guanidine groups is 1. The average Bonchev–Trinajstić information content (AvgIpc) is 2.67. The molecule has 2 aliphatic heterocycles. The summed E-state index contributed by atoms with van der Waals surface area (Å²) in [5, 5.41) is 6.85. The Hall–Kier alpha value is -0.850. The lowest BCUT2D eigenvalue weighted by molar-refractivity contribution is 0.0372. The molecule has 2 saturated heterocycles. The maximum Gasteiger partial charge on any atom is 0.191 e. The van der Waals surface area contributed by atoms with Gasteiger partial charge in [-0.2, -0.15) is 0 Å². The number of nitrogens with one attached hydrogen (secondary N) is 2. The normalized spacial score (nSPS) is 21.1. The lowest BCUT2D eigenvalue weighted by atomic mass is 9.99. The summed E-state index contributed by atoms with van der Waals surface area (Å²) in [5.41, 5.74) is 0. The topological polar surface area (TPSA) is 52.1 Å². The van der Waals surface area contributed by atoms with E-state index in [1.54, 1.807) is 0 Å². The van der Waals surface area contributed by atoms with Crippen molar-refractivity contribution in [3.05, 3.63) is 0 Å². The molecule has 0 aliphatic carbocycles. The summed E-state index contributed by atoms with van der Waals surface area (Å²) in [5.74, 6) is 1.89. The van der Waals surface area contributed by atoms with Crippen LogP contribution in [0.25, 0.3) is 0 Å². The quantitative estimate of drug-likeness (QED) is 0.350. The number of aliphatic imine (C=N–C) groups is 1. The summed E-state index contributed by atoms with van der Waals surface area (Å²) in [6.45, 7) is 16.2. The maximum absolute atomic E-state index is 5.39. The van der Waals surface area contributed by atoms with Crippen molar-refractivity contribution in [3.8, 4) is 0 Å². The van der Waals surface area contributed by atoms with E-state index in [9.17, 15) is 0 Å². The van der Waals surface area contributed by atoms with E-state index in [0.29, 0.717) is 0 Å². The molecule has 6 nitrogen and oxygen atoms in total. The van der Waals surface area contributed by atoms with Crippen LogP contribution in [0.2, 0.25) is 0 Å². The van der Waals surface area contributed by atoms with Crippen molar-refractivity contribution in [2.24, 2.45) is 10.9 Å². The Morgan fingerprint density at radius 3 is 2.38 bits per heavy atom. The molecule has 2 fully saturated rings. The SMILES string of the molecule is CCNC(=NCCCN1CCC(C)CC1)NCCCCN1CCOCC1. The highest BCUT2D eigenvalue weighted by molar-refractivity contribution is 5.79. The lowest BCUT2D eigenvalue weighted by Gasteiger charge is -2.29. The Morgan fingerprint density at radius 2 is 1.65 bits per heavy atom. The molecule has 0 aromatic rings. The second-order valence-corrected chi connectivity index (χ2v) is 7.73. The zero-order valence-electron chi connectivity index (χ0n) is 17.1. The highest BCUT2D eigenvalue weighted by Gasteiger charge is 2.14. The van der Waals surface area contributed by atoms with Gasteiger partial charge in [0.2, 0.25) is 0 Å². The fraction of sp³-hybridized carbons (Fsp3) is 0.950. The smallest absolute Gasteiger partial charge is 0.191 e. The highest BCUT2D eigenvalue weighted by atomic mass is 16.5. The van der Waals surface area contributed by atoms with Crippen LogP contribution >= 0.6 is 0 Å². The van der Waals surface area contributed by atoms with Crippen LogP contribution < -0.4 is 10.6 Å². The van der Waals surface area contributed by atoms with E-state index in [1.807, 2.05) is 0 Å². The molecular formula is C20H41N5O. The van der Waals surface area contributed by atoms with Crippen LogP contribution in [0.15, 0.2) is 4.99 Å². The van der Waals surface area contributed by atoms with Crippen molar-refractivity contribution >= 4 is 5.96 Å². The summed E-state index contributed by atoms with van der Waals surface area (Å²) in [6, 6.07) is 0. The van der Waals surface area contributed by atoms with E-state index < -0.39 is 0 Å². The summed E-state index contributed by atoms with van der Waals surface area (Å²) >= 11 is 0. The van der Waals surface area contributed by atoms with Crippen LogP contribution in [0.5, 0.6) is 0 Å². The Morgan fingerprint density at radius 1 is 0.962 bits per heavy atom. The Labute approximate surface area is 160 Å². The minimum absolute atomic E-state index is 0.895. The maximum atomic E-state index is 5.39. The third-order valence-corrected chi connectivity index (χ3v) is 5.42. The Balaban J connectivity index is 1.52. The third kappa shape index (κ3) is 9.19. The number of unbranched alkanes of at least 4 members (excludes halogenated alkanes) is 1. The molecule has 2 rings (SSSR count). The number of morpholine rings is 1. The second kappa shape index (κ2) is 13.3. The number of rotatable bonds is 10. The standard InChI is InChI=1S/C20H41N5O/c1-3-21-20(22-9-4-5-11-25-15-17-26-18-16-25)23-10-6-12-24-13-7-19(2)8-14-24/h19H,3-18H2,1-2H3,(H2,21,22,23). The second-order valence-electron chi connectivity index (χ2n) is 7.73. The van der Waals surface area contributed by atoms with E-state index >= 15 is 0 Å². The lowest BCUT2D eigenvalue weighted by Crippen LogP contribution is -2.39. The number of ether oxygens (including phenoxy) is 1. The van der Waals surface area contributed by atoms with E-state index in [0.717, 1.165) is 64.2 Å². The van der Waals surface area contributed by atoms with E-state index in [-0.39, 0.29) is 0 Å². The van der Waals surface area contributed by atoms with Gasteiger partial charge in [0.05, 0.1) is 13.2 Å². The van der Waals surface area contributed by atoms with E-state index in [1.165, 1.54) is 51.9 Å². The molecule has 2 N–H and O–H groups in total. The number of nitrogens with zero attached hydrogens (tertiary/aromatic N) is 3. The first-order valence-corrected chi connectivity index (χ1v) is 10.8. The van der Waals surface area contributed by atoms with Gasteiger partial charge < -0.3 is 20.3 Å². The van der Waals surface area contributed by atoms with Crippen molar-refractivity contribution in [1.29, 1.82) is 0 Å². The number of hydrogen-bond donors (Lipinski definition) is 2. The molecular weight excluding hydrogens is 326 g/mol. The largest absolute Gasteiger partial charge is 0.379 e. The van der Waals surface area contributed by atoms with Gasteiger partial charge >= 0.3 is 0 Å². The zero-order valence-corrected chi connectivity index (χ0v) is 17.1. The third-order valence-electron chi connectivity index (χ3n) is 5.42. The zero-order chi connectivity index (χ0) is 18.5. The van der Waals surface area contributed by atoms with Gasteiger partial charge in [-0.05, 0) is 71.1 Å². The van der Waals surface area contributed by atoms with Crippen LogP contribution in [0.3, 0.4) is 0 Å². The van der Waals surface area contributed by atoms with Crippen molar-refractivity contribution < 1.29 is 4.74 Å². The molecule has 0 unspecified atom stereocenters. The van der Waals surface area contributed by atoms with Crippen LogP contribution in [-0.2, 0) is 4.74 Å². The van der Waals surface area contributed by atoms with Gasteiger partial charge in [-0.15, -0.1) is 0 Å². The summed E-state index contributed by atoms with van der Waals surface area (Å²) in [6.07, 6.45) is 6.30. The fourth-order valence-electron chi connectivity index (χ4n) is 3.60. The van der Waals surface area contributed by atoms with Crippen LogP contribution in [0.4, 0.5) is 0 Å². The molecule has 0 atom stereocenters. The van der Waals surface area contributed by atoms with Gasteiger partial charge in [-0.25, -0.2) is 0 Å². The molecule has 0 aromatic heterocycles. The predicted molar refractivity (Wildman–Crippen MR) is 110 cm³/mol. The first-order valence-electron chi connectivity index (χ1n) is 10.8. The first-order chi connectivity index (χ1) is 12.8. The summed E-state index contributed by atoms with van der Waals surface area (Å²) < 4.78 is 5.39. The molecule has 0 saturated carbocycles. The number of hydrogen-bond acceptors (Lipinski definition) is 4. The van der Waals surface area contributed by atoms with Crippen molar-refractivity contribution in [2.75, 3.05) is 72.1 Å². The van der Waals surface area contributed by atoms with E-state index in [4.69, 9.17) is 9.73 Å². The van der Waals surface area contributed by atoms with Crippen LogP contribution in [-0.4, -0.2) is 87.9 Å². The monoisotopic (exact) mass is 367 g/mol. The molecule has 2 aliphatic rings. The molecule has 2 heterocycles. The number of likely N-dealkylation sites (tertiary alicyclic amines) is 1.